The number of ether oxygens (including phenoxy) is 1. The van der Waals surface area contributed by atoms with E-state index in [1.807, 2.05) is 7.05 Å². The molecular formula is C22H37N5O. The Morgan fingerprint density at radius 2 is 1.89 bits per heavy atom. The number of morpholine rings is 1. The van der Waals surface area contributed by atoms with Crippen molar-refractivity contribution >= 4 is 5.96 Å². The van der Waals surface area contributed by atoms with Gasteiger partial charge in [-0.05, 0) is 43.0 Å². The lowest BCUT2D eigenvalue weighted by Crippen LogP contribution is -2.44. The number of rotatable bonds is 7. The van der Waals surface area contributed by atoms with Crippen molar-refractivity contribution in [3.8, 4) is 0 Å². The first kappa shape index (κ1) is 21.1. The molecule has 1 aromatic rings. The molecule has 2 N–H and O–H groups in total. The number of nitrogens with one attached hydrogen (secondary N) is 2. The van der Waals surface area contributed by atoms with Gasteiger partial charge < -0.3 is 20.3 Å². The van der Waals surface area contributed by atoms with Gasteiger partial charge in [-0.2, -0.15) is 0 Å². The molecule has 6 nitrogen and oxygen atoms in total. The maximum atomic E-state index is 5.47. The Kier molecular flexibility index (Phi) is 8.58. The molecule has 1 atom stereocenters. The molecule has 2 saturated heterocycles. The van der Waals surface area contributed by atoms with Gasteiger partial charge in [0.1, 0.15) is 0 Å². The Balaban J connectivity index is 1.48. The molecule has 28 heavy (non-hydrogen) atoms. The summed E-state index contributed by atoms with van der Waals surface area (Å²) in [5, 5.41) is 7.05. The molecule has 0 spiro atoms. The molecule has 0 amide bonds. The van der Waals surface area contributed by atoms with Crippen LogP contribution in [0.25, 0.3) is 0 Å². The molecule has 2 aliphatic rings. The van der Waals surface area contributed by atoms with Gasteiger partial charge in [0, 0.05) is 46.3 Å². The highest BCUT2D eigenvalue weighted by Crippen LogP contribution is 2.15. The Morgan fingerprint density at radius 1 is 1.11 bits per heavy atom. The first-order valence-electron chi connectivity index (χ1n) is 10.8. The van der Waals surface area contributed by atoms with E-state index in [-0.39, 0.29) is 0 Å². The van der Waals surface area contributed by atoms with Crippen LogP contribution in [-0.4, -0.2) is 75.3 Å². The Hall–Kier alpha value is -1.63. The second kappa shape index (κ2) is 11.4. The van der Waals surface area contributed by atoms with Gasteiger partial charge >= 0.3 is 0 Å². The lowest BCUT2D eigenvalue weighted by atomic mass is 9.98. The number of hydrogen-bond donors (Lipinski definition) is 2. The van der Waals surface area contributed by atoms with Crippen LogP contribution in [0.3, 0.4) is 0 Å². The minimum Gasteiger partial charge on any atom is -0.379 e. The van der Waals surface area contributed by atoms with Crippen LogP contribution in [0.15, 0.2) is 29.3 Å². The first-order valence-corrected chi connectivity index (χ1v) is 10.8. The lowest BCUT2D eigenvalue weighted by molar-refractivity contribution is 0.0341. The van der Waals surface area contributed by atoms with Gasteiger partial charge in [-0.1, -0.05) is 31.2 Å². The molecule has 2 heterocycles. The normalized spacial score (nSPS) is 22.2. The quantitative estimate of drug-likeness (QED) is 0.553. The summed E-state index contributed by atoms with van der Waals surface area (Å²) in [6, 6.07) is 8.71. The molecular weight excluding hydrogens is 350 g/mol. The zero-order valence-electron chi connectivity index (χ0n) is 17.6. The van der Waals surface area contributed by atoms with Gasteiger partial charge in [0.05, 0.1) is 13.2 Å². The van der Waals surface area contributed by atoms with E-state index in [1.54, 1.807) is 0 Å². The lowest BCUT2D eigenvalue weighted by Gasteiger charge is -2.32. The third kappa shape index (κ3) is 6.47. The standard InChI is InChI=1S/C22H37N5O/c1-3-26-10-6-7-19(17-26)15-24-22(23-2)25-16-20-8-4-5-9-21(20)18-27-11-13-28-14-12-27/h4-5,8-9,19H,3,6-7,10-18H2,1-2H3,(H2,23,24,25). The van der Waals surface area contributed by atoms with E-state index < -0.39 is 0 Å². The van der Waals surface area contributed by atoms with Crippen LogP contribution >= 0.6 is 0 Å². The molecule has 1 unspecified atom stereocenters. The van der Waals surface area contributed by atoms with Gasteiger partial charge in [0.25, 0.3) is 0 Å². The highest BCUT2D eigenvalue weighted by molar-refractivity contribution is 5.79. The van der Waals surface area contributed by atoms with E-state index in [4.69, 9.17) is 4.74 Å². The molecule has 0 bridgehead atoms. The number of hydrogen-bond acceptors (Lipinski definition) is 4. The monoisotopic (exact) mass is 387 g/mol. The van der Waals surface area contributed by atoms with Crippen LogP contribution in [0, 0.1) is 5.92 Å². The molecule has 2 fully saturated rings. The average molecular weight is 388 g/mol. The maximum Gasteiger partial charge on any atom is 0.191 e. The molecule has 2 aliphatic heterocycles. The number of piperidine rings is 1. The third-order valence-corrected chi connectivity index (χ3v) is 5.89. The van der Waals surface area contributed by atoms with Crippen LogP contribution in [0.4, 0.5) is 0 Å². The second-order valence-corrected chi connectivity index (χ2v) is 7.87. The van der Waals surface area contributed by atoms with Gasteiger partial charge in [0.15, 0.2) is 5.96 Å². The summed E-state index contributed by atoms with van der Waals surface area (Å²) in [5.41, 5.74) is 2.73. The first-order chi connectivity index (χ1) is 13.8. The summed E-state index contributed by atoms with van der Waals surface area (Å²) in [5.74, 6) is 1.61. The second-order valence-electron chi connectivity index (χ2n) is 7.87. The van der Waals surface area contributed by atoms with E-state index in [2.05, 4.69) is 56.6 Å². The fraction of sp³-hybridized carbons (Fsp3) is 0.682. The van der Waals surface area contributed by atoms with Gasteiger partial charge in [-0.3, -0.25) is 9.89 Å². The van der Waals surface area contributed by atoms with Crippen molar-refractivity contribution in [2.45, 2.75) is 32.9 Å². The highest BCUT2D eigenvalue weighted by atomic mass is 16.5. The Labute approximate surface area is 170 Å². The van der Waals surface area contributed by atoms with Crippen molar-refractivity contribution < 1.29 is 4.74 Å². The average Bonchev–Trinajstić information content (AvgIpc) is 2.76. The summed E-state index contributed by atoms with van der Waals surface area (Å²) in [6.45, 7) is 12.3. The minimum absolute atomic E-state index is 0.709. The Morgan fingerprint density at radius 3 is 2.64 bits per heavy atom. The topological polar surface area (TPSA) is 52.1 Å². The molecule has 0 aromatic heterocycles. The maximum absolute atomic E-state index is 5.47. The van der Waals surface area contributed by atoms with Gasteiger partial charge in [0.2, 0.25) is 0 Å². The summed E-state index contributed by atoms with van der Waals surface area (Å²) < 4.78 is 5.47. The zero-order chi connectivity index (χ0) is 19.6. The van der Waals surface area contributed by atoms with Crippen LogP contribution in [0.1, 0.15) is 30.9 Å². The summed E-state index contributed by atoms with van der Waals surface area (Å²) in [6.07, 6.45) is 2.62. The molecule has 3 rings (SSSR count). The fourth-order valence-corrected chi connectivity index (χ4v) is 4.13. The molecule has 0 radical (unpaired) electrons. The van der Waals surface area contributed by atoms with E-state index in [0.29, 0.717) is 5.92 Å². The van der Waals surface area contributed by atoms with Crippen molar-refractivity contribution in [1.29, 1.82) is 0 Å². The molecule has 1 aromatic carbocycles. The number of guanidine groups is 1. The predicted octanol–water partition coefficient (Wildman–Crippen LogP) is 1.92. The summed E-state index contributed by atoms with van der Waals surface area (Å²) >= 11 is 0. The van der Waals surface area contributed by atoms with Crippen LogP contribution in [-0.2, 0) is 17.8 Å². The predicted molar refractivity (Wildman–Crippen MR) is 116 cm³/mol. The van der Waals surface area contributed by atoms with Crippen molar-refractivity contribution in [1.82, 2.24) is 20.4 Å². The van der Waals surface area contributed by atoms with Crippen LogP contribution in [0.5, 0.6) is 0 Å². The van der Waals surface area contributed by atoms with Crippen LogP contribution in [0.2, 0.25) is 0 Å². The van der Waals surface area contributed by atoms with E-state index in [1.165, 1.54) is 37.1 Å². The fourth-order valence-electron chi connectivity index (χ4n) is 4.13. The smallest absolute Gasteiger partial charge is 0.191 e. The number of nitrogens with zero attached hydrogens (tertiary/aromatic N) is 3. The van der Waals surface area contributed by atoms with Crippen LogP contribution < -0.4 is 10.6 Å². The van der Waals surface area contributed by atoms with Crippen molar-refractivity contribution in [2.24, 2.45) is 10.9 Å². The largest absolute Gasteiger partial charge is 0.379 e. The molecule has 6 heteroatoms. The SMILES string of the molecule is CCN1CCCC(CNC(=NC)NCc2ccccc2CN2CCOCC2)C1. The van der Waals surface area contributed by atoms with Crippen molar-refractivity contribution in [3.63, 3.8) is 0 Å². The highest BCUT2D eigenvalue weighted by Gasteiger charge is 2.19. The minimum atomic E-state index is 0.709. The van der Waals surface area contributed by atoms with Crippen molar-refractivity contribution in [3.05, 3.63) is 35.4 Å². The number of aliphatic imine (C=N–C) groups is 1. The van der Waals surface area contributed by atoms with E-state index in [0.717, 1.165) is 58.4 Å². The summed E-state index contributed by atoms with van der Waals surface area (Å²) in [7, 11) is 1.86. The Bertz CT molecular complexity index is 615. The molecule has 156 valence electrons. The van der Waals surface area contributed by atoms with Gasteiger partial charge in [-0.15, -0.1) is 0 Å². The van der Waals surface area contributed by atoms with Crippen molar-refractivity contribution in [2.75, 3.05) is 59.5 Å². The molecule has 0 aliphatic carbocycles. The van der Waals surface area contributed by atoms with Gasteiger partial charge in [-0.25, -0.2) is 0 Å². The zero-order valence-corrected chi connectivity index (χ0v) is 17.6. The number of benzene rings is 1. The number of likely N-dealkylation sites (tertiary alicyclic amines) is 1. The third-order valence-electron chi connectivity index (χ3n) is 5.89. The van der Waals surface area contributed by atoms with E-state index >= 15 is 0 Å². The summed E-state index contributed by atoms with van der Waals surface area (Å²) in [4.78, 5) is 9.45. The molecule has 0 saturated carbocycles. The van der Waals surface area contributed by atoms with E-state index in [9.17, 15) is 0 Å².